The molecule has 0 unspecified atom stereocenters. The van der Waals surface area contributed by atoms with Crippen LogP contribution in [0, 0.1) is 0 Å². The maximum Gasteiger partial charge on any atom is 0.0342 e. The second kappa shape index (κ2) is 2.69. The minimum atomic E-state index is 0.955. The summed E-state index contributed by atoms with van der Waals surface area (Å²) >= 11 is 0. The summed E-state index contributed by atoms with van der Waals surface area (Å²) in [6.07, 6.45) is 0.955. The van der Waals surface area contributed by atoms with Crippen LogP contribution in [-0.2, 0) is 0 Å². The molecule has 0 aliphatic carbocycles. The Labute approximate surface area is 38.0 Å². The lowest BCUT2D eigenvalue weighted by atomic mass is 10.3. The van der Waals surface area contributed by atoms with Gasteiger partial charge >= 0.3 is 0 Å². The van der Waals surface area contributed by atoms with Gasteiger partial charge in [0, 0.05) is 5.71 Å². The SMILES string of the molecule is CC/C(C)=N/N. The van der Waals surface area contributed by atoms with E-state index in [0.29, 0.717) is 0 Å². The van der Waals surface area contributed by atoms with E-state index in [1.165, 1.54) is 0 Å². The lowest BCUT2D eigenvalue weighted by Gasteiger charge is -1.83. The van der Waals surface area contributed by atoms with Gasteiger partial charge in [-0.3, -0.25) is 0 Å². The van der Waals surface area contributed by atoms with Crippen LogP contribution in [0.3, 0.4) is 0 Å². The molecule has 0 heterocycles. The summed E-state index contributed by atoms with van der Waals surface area (Å²) in [7, 11) is 0. The first kappa shape index (κ1) is 5.47. The maximum atomic E-state index is 4.87. The van der Waals surface area contributed by atoms with Crippen LogP contribution in [0.15, 0.2) is 5.10 Å². The van der Waals surface area contributed by atoms with Gasteiger partial charge in [-0.2, -0.15) is 5.10 Å². The van der Waals surface area contributed by atoms with Gasteiger partial charge in [0.2, 0.25) is 0 Å². The Morgan fingerprint density at radius 3 is 2.33 bits per heavy atom. The highest BCUT2D eigenvalue weighted by atomic mass is 15.1. The van der Waals surface area contributed by atoms with Crippen LogP contribution >= 0.6 is 0 Å². The zero-order chi connectivity index (χ0) is 4.99. The molecule has 2 heteroatoms. The van der Waals surface area contributed by atoms with Crippen molar-refractivity contribution in [2.45, 2.75) is 20.3 Å². The molecule has 0 aliphatic heterocycles. The molecule has 0 rings (SSSR count). The Balaban J connectivity index is 3.22. The molecular weight excluding hydrogens is 76.1 g/mol. The molecule has 6 heavy (non-hydrogen) atoms. The Morgan fingerprint density at radius 1 is 1.83 bits per heavy atom. The van der Waals surface area contributed by atoms with Gasteiger partial charge in [-0.05, 0) is 13.3 Å². The summed E-state index contributed by atoms with van der Waals surface area (Å²) in [5, 5.41) is 3.42. The topological polar surface area (TPSA) is 38.4 Å². The Morgan fingerprint density at radius 2 is 2.33 bits per heavy atom. The van der Waals surface area contributed by atoms with E-state index in [1.54, 1.807) is 0 Å². The molecule has 0 aromatic rings. The summed E-state index contributed by atoms with van der Waals surface area (Å²) in [6, 6.07) is 0. The summed E-state index contributed by atoms with van der Waals surface area (Å²) in [5.74, 6) is 4.87. The largest absolute Gasteiger partial charge is 0.323 e. The molecule has 0 fully saturated rings. The van der Waals surface area contributed by atoms with E-state index in [0.717, 1.165) is 12.1 Å². The average molecular weight is 86.1 g/mol. The number of hydrazone groups is 1. The van der Waals surface area contributed by atoms with Crippen molar-refractivity contribution in [1.82, 2.24) is 0 Å². The highest BCUT2D eigenvalue weighted by molar-refractivity contribution is 5.81. The van der Waals surface area contributed by atoms with Crippen molar-refractivity contribution in [2.24, 2.45) is 10.9 Å². The van der Waals surface area contributed by atoms with E-state index in [-0.39, 0.29) is 0 Å². The standard InChI is InChI=1S/C4H10N2/c1-3-4(2)6-5/h3,5H2,1-2H3/b6-4+. The van der Waals surface area contributed by atoms with Crippen LogP contribution in [0.4, 0.5) is 0 Å². The van der Waals surface area contributed by atoms with Crippen molar-refractivity contribution in [3.8, 4) is 0 Å². The molecule has 2 N–H and O–H groups in total. The normalized spacial score (nSPS) is 12.0. The first-order valence-corrected chi connectivity index (χ1v) is 2.04. The smallest absolute Gasteiger partial charge is 0.0342 e. The molecule has 0 radical (unpaired) electrons. The van der Waals surface area contributed by atoms with E-state index in [2.05, 4.69) is 5.10 Å². The molecule has 0 saturated heterocycles. The molecule has 0 atom stereocenters. The molecule has 0 aromatic carbocycles. The van der Waals surface area contributed by atoms with Crippen LogP contribution in [0.25, 0.3) is 0 Å². The predicted octanol–water partition coefficient (Wildman–Crippen LogP) is 0.731. The van der Waals surface area contributed by atoms with Crippen molar-refractivity contribution in [3.05, 3.63) is 0 Å². The Hall–Kier alpha value is -0.530. The number of nitrogens with two attached hydrogens (primary N) is 1. The van der Waals surface area contributed by atoms with Gasteiger partial charge in [0.05, 0.1) is 0 Å². The number of rotatable bonds is 1. The van der Waals surface area contributed by atoms with Crippen molar-refractivity contribution in [1.29, 1.82) is 0 Å². The van der Waals surface area contributed by atoms with Crippen LogP contribution in [0.1, 0.15) is 20.3 Å². The second-order valence-electron chi connectivity index (χ2n) is 1.22. The minimum Gasteiger partial charge on any atom is -0.323 e. The van der Waals surface area contributed by atoms with Crippen molar-refractivity contribution in [3.63, 3.8) is 0 Å². The minimum absolute atomic E-state index is 0.955. The van der Waals surface area contributed by atoms with Gasteiger partial charge in [0.1, 0.15) is 0 Å². The third kappa shape index (κ3) is 1.76. The van der Waals surface area contributed by atoms with Crippen molar-refractivity contribution >= 4 is 5.71 Å². The van der Waals surface area contributed by atoms with E-state index >= 15 is 0 Å². The zero-order valence-corrected chi connectivity index (χ0v) is 4.23. The predicted molar refractivity (Wildman–Crippen MR) is 27.6 cm³/mol. The van der Waals surface area contributed by atoms with E-state index in [4.69, 9.17) is 5.84 Å². The fraction of sp³-hybridized carbons (Fsp3) is 0.750. The molecule has 2 nitrogen and oxygen atoms in total. The quantitative estimate of drug-likeness (QED) is 0.285. The average Bonchev–Trinajstić information content (AvgIpc) is 1.65. The first-order valence-electron chi connectivity index (χ1n) is 2.04. The van der Waals surface area contributed by atoms with Crippen LogP contribution in [0.5, 0.6) is 0 Å². The maximum absolute atomic E-state index is 4.87. The zero-order valence-electron chi connectivity index (χ0n) is 4.23. The van der Waals surface area contributed by atoms with Crippen LogP contribution in [0.2, 0.25) is 0 Å². The van der Waals surface area contributed by atoms with Crippen molar-refractivity contribution in [2.75, 3.05) is 0 Å². The summed E-state index contributed by atoms with van der Waals surface area (Å²) in [4.78, 5) is 0. The fourth-order valence-electron chi connectivity index (χ4n) is 0.0913. The van der Waals surface area contributed by atoms with E-state index < -0.39 is 0 Å². The molecule has 0 aliphatic rings. The monoisotopic (exact) mass is 86.1 g/mol. The van der Waals surface area contributed by atoms with Gasteiger partial charge in [-0.25, -0.2) is 0 Å². The molecule has 36 valence electrons. The van der Waals surface area contributed by atoms with Crippen molar-refractivity contribution < 1.29 is 0 Å². The van der Waals surface area contributed by atoms with Gasteiger partial charge in [-0.1, -0.05) is 6.92 Å². The molecule has 0 amide bonds. The summed E-state index contributed by atoms with van der Waals surface area (Å²) in [6.45, 7) is 3.92. The molecule has 0 bridgehead atoms. The van der Waals surface area contributed by atoms with Crippen LogP contribution < -0.4 is 5.84 Å². The number of hydrogen-bond donors (Lipinski definition) is 1. The third-order valence-corrected chi connectivity index (χ3v) is 0.732. The number of nitrogens with zero attached hydrogens (tertiary/aromatic N) is 1. The highest BCUT2D eigenvalue weighted by Crippen LogP contribution is 1.76. The molecule has 0 spiro atoms. The Kier molecular flexibility index (Phi) is 2.46. The third-order valence-electron chi connectivity index (χ3n) is 0.732. The van der Waals surface area contributed by atoms with Gasteiger partial charge in [0.25, 0.3) is 0 Å². The summed E-state index contributed by atoms with van der Waals surface area (Å²) in [5.41, 5.74) is 0.995. The lowest BCUT2D eigenvalue weighted by molar-refractivity contribution is 1.16. The fourth-order valence-corrected chi connectivity index (χ4v) is 0.0913. The first-order chi connectivity index (χ1) is 2.81. The molecular formula is C4H10N2. The lowest BCUT2D eigenvalue weighted by Crippen LogP contribution is -1.91. The number of hydrogen-bond acceptors (Lipinski definition) is 2. The van der Waals surface area contributed by atoms with E-state index in [9.17, 15) is 0 Å². The second-order valence-corrected chi connectivity index (χ2v) is 1.22. The van der Waals surface area contributed by atoms with Crippen LogP contribution in [-0.4, -0.2) is 5.71 Å². The summed E-state index contributed by atoms with van der Waals surface area (Å²) < 4.78 is 0. The molecule has 0 saturated carbocycles. The van der Waals surface area contributed by atoms with Gasteiger partial charge in [0.15, 0.2) is 0 Å². The molecule has 0 aromatic heterocycles. The van der Waals surface area contributed by atoms with Gasteiger partial charge < -0.3 is 5.84 Å². The Bertz CT molecular complexity index is 56.6. The van der Waals surface area contributed by atoms with E-state index in [1.807, 2.05) is 13.8 Å². The van der Waals surface area contributed by atoms with Gasteiger partial charge in [-0.15, -0.1) is 0 Å². The highest BCUT2D eigenvalue weighted by Gasteiger charge is 1.76.